The molecule has 0 bridgehead atoms. The van der Waals surface area contributed by atoms with Gasteiger partial charge in [0, 0.05) is 23.3 Å². The fourth-order valence-corrected chi connectivity index (χ4v) is 4.33. The third-order valence-corrected chi connectivity index (χ3v) is 6.02. The first-order valence-corrected chi connectivity index (χ1v) is 10.7. The van der Waals surface area contributed by atoms with Crippen molar-refractivity contribution in [1.82, 2.24) is 24.3 Å². The second-order valence-electron chi connectivity index (χ2n) is 7.29. The number of carbonyl (C=O) groups is 1. The number of carbonyl (C=O) groups excluding carboxylic acids is 1. The molecular weight excluding hydrogens is 436 g/mol. The maximum atomic E-state index is 12.1. The van der Waals surface area contributed by atoms with E-state index >= 15 is 0 Å². The topological polar surface area (TPSA) is 98.6 Å². The van der Waals surface area contributed by atoms with Crippen LogP contribution in [0.15, 0.2) is 42.9 Å². The molecular formula is C21H21ClN6O2S. The van der Waals surface area contributed by atoms with Crippen LogP contribution in [0.4, 0.5) is 0 Å². The van der Waals surface area contributed by atoms with Gasteiger partial charge in [-0.3, -0.25) is 14.2 Å². The summed E-state index contributed by atoms with van der Waals surface area (Å²) >= 11 is 7.45. The number of halogens is 1. The largest absolute Gasteiger partial charge is 0.469 e. The molecule has 0 saturated heterocycles. The summed E-state index contributed by atoms with van der Waals surface area (Å²) in [4.78, 5) is 27.8. The number of nitrogens with two attached hydrogens (primary N) is 1. The Morgan fingerprint density at radius 2 is 2.06 bits per heavy atom. The average Bonchev–Trinajstić information content (AvgIpc) is 3.31. The van der Waals surface area contributed by atoms with Gasteiger partial charge in [0.05, 0.1) is 18.1 Å². The summed E-state index contributed by atoms with van der Waals surface area (Å²) in [5.41, 5.74) is 8.69. The second kappa shape index (κ2) is 8.62. The summed E-state index contributed by atoms with van der Waals surface area (Å²) in [6.45, 7) is 2.53. The van der Waals surface area contributed by atoms with E-state index in [1.807, 2.05) is 54.7 Å². The van der Waals surface area contributed by atoms with Gasteiger partial charge in [-0.25, -0.2) is 4.98 Å². The van der Waals surface area contributed by atoms with Crippen molar-refractivity contribution in [3.8, 4) is 16.6 Å². The number of rotatable bonds is 7. The van der Waals surface area contributed by atoms with Crippen LogP contribution in [0.3, 0.4) is 0 Å². The highest BCUT2D eigenvalue weighted by molar-refractivity contribution is 7.17. The second-order valence-corrected chi connectivity index (χ2v) is 8.69. The van der Waals surface area contributed by atoms with Crippen LogP contribution in [-0.4, -0.2) is 44.3 Å². The van der Waals surface area contributed by atoms with Gasteiger partial charge in [-0.15, -0.1) is 11.3 Å². The lowest BCUT2D eigenvalue weighted by Gasteiger charge is -2.15. The van der Waals surface area contributed by atoms with Crippen molar-refractivity contribution in [2.45, 2.75) is 19.6 Å². The van der Waals surface area contributed by atoms with Gasteiger partial charge in [0.25, 0.3) is 5.91 Å². The predicted molar refractivity (Wildman–Crippen MR) is 120 cm³/mol. The van der Waals surface area contributed by atoms with Crippen molar-refractivity contribution in [1.29, 1.82) is 0 Å². The zero-order chi connectivity index (χ0) is 22.1. The zero-order valence-electron chi connectivity index (χ0n) is 17.2. The Labute approximate surface area is 188 Å². The van der Waals surface area contributed by atoms with Gasteiger partial charge < -0.3 is 15.4 Å². The van der Waals surface area contributed by atoms with Crippen LogP contribution in [0.2, 0.25) is 5.02 Å². The molecule has 10 heteroatoms. The van der Waals surface area contributed by atoms with E-state index in [-0.39, 0.29) is 10.8 Å². The highest BCUT2D eigenvalue weighted by Gasteiger charge is 2.23. The summed E-state index contributed by atoms with van der Waals surface area (Å²) in [5.74, 6) is -0.425. The molecule has 160 valence electrons. The Balaban J connectivity index is 1.72. The van der Waals surface area contributed by atoms with Crippen molar-refractivity contribution < 1.29 is 9.53 Å². The molecule has 0 aliphatic carbocycles. The van der Waals surface area contributed by atoms with Crippen molar-refractivity contribution in [2.24, 2.45) is 5.73 Å². The fourth-order valence-electron chi connectivity index (χ4n) is 3.18. The maximum Gasteiger partial charge on any atom is 0.264 e. The van der Waals surface area contributed by atoms with E-state index in [2.05, 4.69) is 15.0 Å². The Morgan fingerprint density at radius 1 is 1.29 bits per heavy atom. The molecule has 0 saturated carbocycles. The summed E-state index contributed by atoms with van der Waals surface area (Å²) in [7, 11) is 3.95. The minimum Gasteiger partial charge on any atom is -0.469 e. The summed E-state index contributed by atoms with van der Waals surface area (Å²) < 4.78 is 7.91. The van der Waals surface area contributed by atoms with E-state index in [0.717, 1.165) is 17.0 Å². The molecule has 0 spiro atoms. The van der Waals surface area contributed by atoms with E-state index < -0.39 is 12.0 Å². The zero-order valence-corrected chi connectivity index (χ0v) is 18.8. The van der Waals surface area contributed by atoms with Crippen LogP contribution in [-0.2, 0) is 6.54 Å². The van der Waals surface area contributed by atoms with Crippen LogP contribution >= 0.6 is 22.9 Å². The third kappa shape index (κ3) is 4.39. The van der Waals surface area contributed by atoms with E-state index in [1.54, 1.807) is 18.5 Å². The molecule has 3 heterocycles. The number of amides is 1. The van der Waals surface area contributed by atoms with Gasteiger partial charge in [0.1, 0.15) is 16.8 Å². The Hall–Kier alpha value is -3.01. The molecule has 4 aromatic rings. The number of nitrogens with zero attached hydrogens (tertiary/aromatic N) is 5. The summed E-state index contributed by atoms with van der Waals surface area (Å²) in [6, 6.07) is 7.38. The number of benzene rings is 1. The minimum absolute atomic E-state index is 0.178. The van der Waals surface area contributed by atoms with Crippen LogP contribution in [0.5, 0.6) is 5.88 Å². The Bertz CT molecular complexity index is 1250. The number of ether oxygens (including phenoxy) is 1. The van der Waals surface area contributed by atoms with Gasteiger partial charge in [-0.2, -0.15) is 4.98 Å². The lowest BCUT2D eigenvalue weighted by molar-refractivity contribution is 0.0997. The number of hydrogen-bond acceptors (Lipinski definition) is 7. The lowest BCUT2D eigenvalue weighted by Crippen LogP contribution is -2.12. The number of hydrogen-bond donors (Lipinski definition) is 1. The van der Waals surface area contributed by atoms with Gasteiger partial charge in [-0.05, 0) is 27.1 Å². The van der Waals surface area contributed by atoms with Gasteiger partial charge >= 0.3 is 0 Å². The third-order valence-electron chi connectivity index (χ3n) is 4.60. The first-order chi connectivity index (χ1) is 14.8. The SMILES string of the molecule is C[C@@H](Oc1nc(-c2cnc3cnc(CN(C)C)cn23)sc1C(N)=O)c1ccccc1Cl. The van der Waals surface area contributed by atoms with Crippen molar-refractivity contribution in [3.63, 3.8) is 0 Å². The molecule has 3 aromatic heterocycles. The number of imidazole rings is 1. The highest BCUT2D eigenvalue weighted by Crippen LogP contribution is 2.35. The molecule has 1 atom stereocenters. The molecule has 31 heavy (non-hydrogen) atoms. The average molecular weight is 457 g/mol. The number of aromatic nitrogens is 4. The molecule has 1 aromatic carbocycles. The van der Waals surface area contributed by atoms with Crippen LogP contribution in [0.25, 0.3) is 16.3 Å². The Kier molecular flexibility index (Phi) is 5.90. The molecule has 0 radical (unpaired) electrons. The van der Waals surface area contributed by atoms with E-state index in [9.17, 15) is 4.79 Å². The molecule has 1 amide bonds. The van der Waals surface area contributed by atoms with Crippen LogP contribution < -0.4 is 10.5 Å². The maximum absolute atomic E-state index is 12.1. The smallest absolute Gasteiger partial charge is 0.264 e. The summed E-state index contributed by atoms with van der Waals surface area (Å²) in [5, 5.41) is 1.15. The molecule has 0 unspecified atom stereocenters. The van der Waals surface area contributed by atoms with E-state index in [0.29, 0.717) is 22.2 Å². The van der Waals surface area contributed by atoms with Gasteiger partial charge in [0.2, 0.25) is 5.88 Å². The number of primary amides is 1. The van der Waals surface area contributed by atoms with Crippen molar-refractivity contribution >= 4 is 34.5 Å². The van der Waals surface area contributed by atoms with Gasteiger partial charge in [0.15, 0.2) is 10.5 Å². The molecule has 0 fully saturated rings. The molecule has 0 aliphatic heterocycles. The summed E-state index contributed by atoms with van der Waals surface area (Å²) in [6.07, 6.45) is 4.90. The molecule has 8 nitrogen and oxygen atoms in total. The lowest BCUT2D eigenvalue weighted by atomic mass is 10.1. The van der Waals surface area contributed by atoms with Crippen LogP contribution in [0.1, 0.15) is 34.0 Å². The quantitative estimate of drug-likeness (QED) is 0.454. The first kappa shape index (κ1) is 21.2. The van der Waals surface area contributed by atoms with Crippen molar-refractivity contribution in [2.75, 3.05) is 14.1 Å². The molecule has 2 N–H and O–H groups in total. The first-order valence-electron chi connectivity index (χ1n) is 9.52. The Morgan fingerprint density at radius 3 is 2.77 bits per heavy atom. The normalized spacial score (nSPS) is 12.4. The number of thiazole rings is 1. The van der Waals surface area contributed by atoms with Gasteiger partial charge in [-0.1, -0.05) is 29.8 Å². The fraction of sp³-hybridized carbons (Fsp3) is 0.238. The monoisotopic (exact) mass is 456 g/mol. The molecule has 4 rings (SSSR count). The van der Waals surface area contributed by atoms with E-state index in [4.69, 9.17) is 22.1 Å². The highest BCUT2D eigenvalue weighted by atomic mass is 35.5. The number of fused-ring (bicyclic) bond motifs is 1. The minimum atomic E-state index is -0.603. The van der Waals surface area contributed by atoms with E-state index in [1.165, 1.54) is 11.3 Å². The standard InChI is InChI=1S/C21H21ClN6O2S/c1-12(14-6-4-5-7-15(14)22)30-20-18(19(23)29)31-21(26-20)16-8-25-17-9-24-13(10-27(2)3)11-28(16)17/h4-9,11-12H,10H2,1-3H3,(H2,23,29)/t12-/m1/s1. The predicted octanol–water partition coefficient (Wildman–Crippen LogP) is 3.81. The molecule has 0 aliphatic rings. The van der Waals surface area contributed by atoms with Crippen LogP contribution in [0, 0.1) is 0 Å². The van der Waals surface area contributed by atoms with Crippen molar-refractivity contribution in [3.05, 3.63) is 64.0 Å².